The molecule has 0 unspecified atom stereocenters. The van der Waals surface area contributed by atoms with Gasteiger partial charge in [-0.1, -0.05) is 7.43 Å². The molecular weight excluding hydrogens is 459 g/mol. The van der Waals surface area contributed by atoms with Gasteiger partial charge in [0, 0.05) is 5.69 Å². The predicted octanol–water partition coefficient (Wildman–Crippen LogP) is 0.0759. The number of amides is 1. The Labute approximate surface area is 192 Å². The second-order valence-electron chi connectivity index (χ2n) is 6.26. The molecule has 0 saturated heterocycles. The average Bonchev–Trinajstić information content (AvgIpc) is 2.79. The molecule has 0 spiro atoms. The number of carbonyl (C=O) groups excluding carboxylic acids is 1. The van der Waals surface area contributed by atoms with Crippen LogP contribution in [0.3, 0.4) is 0 Å². The molecule has 0 saturated carbocycles. The molecule has 0 aliphatic heterocycles. The van der Waals surface area contributed by atoms with E-state index in [0.29, 0.717) is 11.4 Å². The highest BCUT2D eigenvalue weighted by atomic mass is 32.2. The monoisotopic (exact) mass is 490 g/mol. The van der Waals surface area contributed by atoms with Crippen molar-refractivity contribution in [2.75, 3.05) is 25.0 Å². The minimum Gasteiger partial charge on any atom is -0.497 e. The molecule has 1 aromatic carbocycles. The molecule has 1 aromatic heterocycles. The number of aryl methyl sites for hydroxylation is 1. The number of oxime groups is 1. The number of ether oxygens (including phenoxy) is 1. The number of pyridine rings is 1. The summed E-state index contributed by atoms with van der Waals surface area (Å²) < 4.78 is 46.6. The van der Waals surface area contributed by atoms with Gasteiger partial charge >= 0.3 is 0 Å². The predicted molar refractivity (Wildman–Crippen MR) is 123 cm³/mol. The van der Waals surface area contributed by atoms with Crippen LogP contribution < -0.4 is 31.8 Å². The van der Waals surface area contributed by atoms with Crippen LogP contribution in [0.15, 0.2) is 51.2 Å². The highest BCUT2D eigenvalue weighted by Gasteiger charge is 2.18. The van der Waals surface area contributed by atoms with Crippen molar-refractivity contribution in [2.45, 2.75) is 25.8 Å². The van der Waals surface area contributed by atoms with E-state index in [1.165, 1.54) is 43.5 Å². The number of benzene rings is 1. The van der Waals surface area contributed by atoms with Crippen LogP contribution in [-0.4, -0.2) is 46.6 Å². The van der Waals surface area contributed by atoms with Gasteiger partial charge in [-0.2, -0.15) is 0 Å². The van der Waals surface area contributed by atoms with Crippen LogP contribution in [0.25, 0.3) is 0 Å². The van der Waals surface area contributed by atoms with Gasteiger partial charge in [-0.15, -0.1) is 0 Å². The minimum absolute atomic E-state index is 0. The number of halogens is 1. The molecule has 0 aliphatic carbocycles. The standard InChI is InChI=1S/C18H24N6O6S.CH4.FH/c1-12-3-8-15(23-31(27,28)14-6-4-13(29-2)5-7-14)17(26)24(12)11-16(25)21-9-10-30-22-18(19)20;;/h3-8,23H,9-11H2,1-2H3,(H,21,25)(H4,19,20,22);1H4;1H/i/hT. The number of anilines is 1. The number of nitrogens with zero attached hydrogens (tertiary/aromatic N) is 2. The van der Waals surface area contributed by atoms with Crippen molar-refractivity contribution in [2.24, 2.45) is 16.6 Å². The zero-order valence-electron chi connectivity index (χ0n) is 18.4. The molecule has 0 atom stereocenters. The molecule has 14 heteroatoms. The second kappa shape index (κ2) is 12.9. The third kappa shape index (κ3) is 8.33. The van der Waals surface area contributed by atoms with Gasteiger partial charge in [0.1, 0.15) is 24.6 Å². The molecule has 0 aliphatic rings. The van der Waals surface area contributed by atoms with Crippen LogP contribution in [0.1, 0.15) is 13.1 Å². The Morgan fingerprint density at radius 1 is 1.21 bits per heavy atom. The summed E-state index contributed by atoms with van der Waals surface area (Å²) in [5.41, 5.74) is 9.83. The maximum absolute atomic E-state index is 12.8. The Morgan fingerprint density at radius 2 is 1.85 bits per heavy atom. The molecule has 12 nitrogen and oxygen atoms in total. The number of hydrogen-bond acceptors (Lipinski definition) is 7. The lowest BCUT2D eigenvalue weighted by Crippen LogP contribution is -2.36. The highest BCUT2D eigenvalue weighted by Crippen LogP contribution is 2.18. The Bertz CT molecular complexity index is 1120. The van der Waals surface area contributed by atoms with Crippen molar-refractivity contribution >= 4 is 27.6 Å². The van der Waals surface area contributed by atoms with Crippen LogP contribution in [0.2, 0.25) is 0 Å². The molecule has 1 heterocycles. The summed E-state index contributed by atoms with van der Waals surface area (Å²) in [5.74, 6) is -0.234. The van der Waals surface area contributed by atoms with Crippen molar-refractivity contribution in [1.29, 1.82) is 1.45 Å². The average molecular weight is 491 g/mol. The Balaban J connectivity index is 0.00000353. The van der Waals surface area contributed by atoms with E-state index >= 15 is 0 Å². The Kier molecular flexibility index (Phi) is 10.6. The molecular formula is C19H29FN6O6S. The smallest absolute Gasteiger partial charge is 0.275 e. The van der Waals surface area contributed by atoms with Crippen LogP contribution in [0, 0.1) is 6.92 Å². The largest absolute Gasteiger partial charge is 0.497 e. The number of carbonyl (C=O) groups is 1. The molecule has 184 valence electrons. The summed E-state index contributed by atoms with van der Waals surface area (Å²) in [6.07, 6.45) is 0. The first-order chi connectivity index (χ1) is 15.6. The minimum atomic E-state index is -4.02. The number of rotatable bonds is 10. The fourth-order valence-electron chi connectivity index (χ4n) is 2.46. The normalized spacial score (nSPS) is 10.3. The maximum atomic E-state index is 12.8. The summed E-state index contributed by atoms with van der Waals surface area (Å²) in [6, 6.07) is 8.56. The van der Waals surface area contributed by atoms with Crippen molar-refractivity contribution < 1.29 is 27.5 Å². The van der Waals surface area contributed by atoms with Gasteiger partial charge < -0.3 is 30.9 Å². The lowest BCUT2D eigenvalue weighted by Gasteiger charge is -2.13. The molecule has 2 rings (SSSR count). The first-order valence-electron chi connectivity index (χ1n) is 9.36. The molecule has 33 heavy (non-hydrogen) atoms. The van der Waals surface area contributed by atoms with Crippen LogP contribution in [-0.2, 0) is 26.2 Å². The van der Waals surface area contributed by atoms with Gasteiger partial charge in [0.25, 0.3) is 17.0 Å². The van der Waals surface area contributed by atoms with E-state index in [9.17, 15) is 18.0 Å². The topological polar surface area (TPSA) is 180 Å². The van der Waals surface area contributed by atoms with E-state index < -0.39 is 21.5 Å². The summed E-state index contributed by atoms with van der Waals surface area (Å²) >= 11 is 0. The third-order valence-corrected chi connectivity index (χ3v) is 5.38. The fraction of sp³-hybridized carbons (Fsp3) is 0.316. The fourth-order valence-corrected chi connectivity index (χ4v) is 3.52. The zero-order chi connectivity index (χ0) is 25.0. The van der Waals surface area contributed by atoms with E-state index in [2.05, 4.69) is 16.6 Å². The number of sulfonamides is 1. The number of aromatic nitrogens is 1. The van der Waals surface area contributed by atoms with Crippen LogP contribution in [0.5, 0.6) is 5.75 Å². The third-order valence-electron chi connectivity index (χ3n) is 3.99. The Morgan fingerprint density at radius 3 is 2.42 bits per heavy atom. The second-order valence-corrected chi connectivity index (χ2v) is 7.94. The molecule has 0 fully saturated rings. The van der Waals surface area contributed by atoms with Crippen LogP contribution >= 0.6 is 0 Å². The first kappa shape index (κ1) is 27.2. The Hall–Kier alpha value is -3.81. The lowest BCUT2D eigenvalue weighted by molar-refractivity contribution is -0.122. The van der Waals surface area contributed by atoms with E-state index in [1.54, 1.807) is 6.92 Å². The maximum Gasteiger partial charge on any atom is 0.275 e. The van der Waals surface area contributed by atoms with E-state index in [0.717, 1.165) is 4.57 Å². The number of hydrogen-bond donors (Lipinski definition) is 4. The van der Waals surface area contributed by atoms with Gasteiger partial charge in [0.2, 0.25) is 11.9 Å². The summed E-state index contributed by atoms with van der Waals surface area (Å²) in [7, 11) is -2.55. The van der Waals surface area contributed by atoms with Gasteiger partial charge in [0.05, 0.1) is 18.6 Å². The van der Waals surface area contributed by atoms with Crippen molar-refractivity contribution in [1.82, 2.24) is 9.88 Å². The molecule has 2 aromatic rings. The van der Waals surface area contributed by atoms with Gasteiger partial charge in [-0.05, 0) is 48.5 Å². The SMILES string of the molecule is C.COc1ccc(S(=O)(=O)Nc2ccc(C)n(CC(=O)NCCON=C(N)N)c2=O)cc1.[3H]F. The first-order valence-corrected chi connectivity index (χ1v) is 10.5. The van der Waals surface area contributed by atoms with Gasteiger partial charge in [0.15, 0.2) is 0 Å². The van der Waals surface area contributed by atoms with E-state index in [-0.39, 0.29) is 43.7 Å². The van der Waals surface area contributed by atoms with Crippen molar-refractivity contribution in [3.05, 3.63) is 52.4 Å². The van der Waals surface area contributed by atoms with Crippen LogP contribution in [0.4, 0.5) is 10.4 Å². The number of nitrogens with one attached hydrogen (secondary N) is 2. The van der Waals surface area contributed by atoms with Gasteiger partial charge in [-0.3, -0.25) is 19.0 Å². The van der Waals surface area contributed by atoms with Gasteiger partial charge in [-0.25, -0.2) is 8.42 Å². The highest BCUT2D eigenvalue weighted by molar-refractivity contribution is 7.92. The van der Waals surface area contributed by atoms with E-state index in [4.69, 9.17) is 25.8 Å². The number of nitrogens with two attached hydrogens (primary N) is 2. The zero-order valence-corrected chi connectivity index (χ0v) is 18.2. The summed E-state index contributed by atoms with van der Waals surface area (Å²) in [5, 5.41) is 5.85. The molecule has 6 N–H and O–H groups in total. The van der Waals surface area contributed by atoms with Crippen molar-refractivity contribution in [3.63, 3.8) is 0 Å². The molecule has 1 amide bonds. The lowest BCUT2D eigenvalue weighted by atomic mass is 10.3. The molecule has 0 radical (unpaired) electrons. The molecule has 0 bridgehead atoms. The number of guanidine groups is 1. The van der Waals surface area contributed by atoms with Crippen molar-refractivity contribution in [3.8, 4) is 5.75 Å². The summed E-state index contributed by atoms with van der Waals surface area (Å²) in [6.45, 7) is 1.44. The summed E-state index contributed by atoms with van der Waals surface area (Å²) in [4.78, 5) is 29.6. The van der Waals surface area contributed by atoms with E-state index in [1.807, 2.05) is 0 Å². The number of methoxy groups -OCH3 is 1. The quantitative estimate of drug-likeness (QED) is 0.156.